The number of benzene rings is 1. The van der Waals surface area contributed by atoms with E-state index < -0.39 is 15.8 Å². The van der Waals surface area contributed by atoms with E-state index in [1.54, 1.807) is 6.08 Å². The molecule has 6 heteroatoms. The van der Waals surface area contributed by atoms with Gasteiger partial charge in [-0.2, -0.15) is 0 Å². The Labute approximate surface area is 118 Å². The normalized spacial score (nSPS) is 19.2. The van der Waals surface area contributed by atoms with Gasteiger partial charge in [-0.3, -0.25) is 4.90 Å². The van der Waals surface area contributed by atoms with Crippen molar-refractivity contribution < 1.29 is 18.3 Å². The van der Waals surface area contributed by atoms with E-state index in [9.17, 15) is 13.2 Å². The van der Waals surface area contributed by atoms with Crippen molar-refractivity contribution in [3.63, 3.8) is 0 Å². The zero-order valence-corrected chi connectivity index (χ0v) is 11.8. The Morgan fingerprint density at radius 1 is 1.30 bits per heavy atom. The molecule has 5 nitrogen and oxygen atoms in total. The molecule has 0 unspecified atom stereocenters. The smallest absolute Gasteiger partial charge is 0.328 e. The Morgan fingerprint density at radius 3 is 2.65 bits per heavy atom. The SMILES string of the molecule is O=C(O)C=Cc1cccc(CN2CCS(=O)(=O)CC2)c1. The van der Waals surface area contributed by atoms with E-state index in [1.165, 1.54) is 0 Å². The lowest BCUT2D eigenvalue weighted by Gasteiger charge is -2.26. The van der Waals surface area contributed by atoms with E-state index in [1.807, 2.05) is 24.3 Å². The van der Waals surface area contributed by atoms with Crippen LogP contribution in [0.5, 0.6) is 0 Å². The molecule has 0 bridgehead atoms. The molecule has 1 aromatic rings. The van der Waals surface area contributed by atoms with Crippen LogP contribution in [0.3, 0.4) is 0 Å². The summed E-state index contributed by atoms with van der Waals surface area (Å²) in [5, 5.41) is 8.60. The lowest BCUT2D eigenvalue weighted by atomic mass is 10.1. The van der Waals surface area contributed by atoms with Crippen LogP contribution in [-0.2, 0) is 21.2 Å². The summed E-state index contributed by atoms with van der Waals surface area (Å²) in [7, 11) is -2.85. The molecule has 2 rings (SSSR count). The number of carboxylic acid groups (broad SMARTS) is 1. The van der Waals surface area contributed by atoms with E-state index in [0.29, 0.717) is 19.6 Å². The highest BCUT2D eigenvalue weighted by molar-refractivity contribution is 7.91. The van der Waals surface area contributed by atoms with Crippen LogP contribution in [0.4, 0.5) is 0 Å². The first kappa shape index (κ1) is 14.7. The predicted molar refractivity (Wildman–Crippen MR) is 77.0 cm³/mol. The number of hydrogen-bond donors (Lipinski definition) is 1. The van der Waals surface area contributed by atoms with E-state index in [0.717, 1.165) is 17.2 Å². The van der Waals surface area contributed by atoms with Crippen molar-refractivity contribution in [1.82, 2.24) is 4.90 Å². The Balaban J connectivity index is 2.00. The van der Waals surface area contributed by atoms with E-state index in [4.69, 9.17) is 5.11 Å². The molecule has 1 saturated heterocycles. The molecule has 0 aliphatic carbocycles. The number of carbonyl (C=O) groups is 1. The van der Waals surface area contributed by atoms with Gasteiger partial charge >= 0.3 is 5.97 Å². The van der Waals surface area contributed by atoms with Crippen LogP contribution in [0, 0.1) is 0 Å². The minimum absolute atomic E-state index is 0.214. The maximum Gasteiger partial charge on any atom is 0.328 e. The molecule has 0 atom stereocenters. The maximum absolute atomic E-state index is 11.4. The Kier molecular flexibility index (Phi) is 4.57. The molecule has 108 valence electrons. The molecule has 1 aromatic carbocycles. The number of carboxylic acids is 1. The molecule has 1 heterocycles. The molecule has 0 saturated carbocycles. The number of nitrogens with zero attached hydrogens (tertiary/aromatic N) is 1. The highest BCUT2D eigenvalue weighted by atomic mass is 32.2. The average molecular weight is 295 g/mol. The summed E-state index contributed by atoms with van der Waals surface area (Å²) in [4.78, 5) is 12.6. The van der Waals surface area contributed by atoms with Gasteiger partial charge in [0.05, 0.1) is 11.5 Å². The van der Waals surface area contributed by atoms with E-state index in [-0.39, 0.29) is 11.5 Å². The van der Waals surface area contributed by atoms with Crippen LogP contribution in [0.2, 0.25) is 0 Å². The molecule has 1 aliphatic rings. The summed E-state index contributed by atoms with van der Waals surface area (Å²) >= 11 is 0. The maximum atomic E-state index is 11.4. The predicted octanol–water partition coefficient (Wildman–Crippen LogP) is 1.01. The quantitative estimate of drug-likeness (QED) is 0.839. The minimum atomic E-state index is -2.85. The molecule has 0 aromatic heterocycles. The molecule has 1 N–H and O–H groups in total. The zero-order chi connectivity index (χ0) is 14.6. The number of rotatable bonds is 4. The summed E-state index contributed by atoms with van der Waals surface area (Å²) < 4.78 is 22.7. The van der Waals surface area contributed by atoms with Crippen molar-refractivity contribution >= 4 is 21.9 Å². The highest BCUT2D eigenvalue weighted by Gasteiger charge is 2.21. The fourth-order valence-electron chi connectivity index (χ4n) is 2.13. The van der Waals surface area contributed by atoms with Crippen molar-refractivity contribution in [2.75, 3.05) is 24.6 Å². The molecule has 20 heavy (non-hydrogen) atoms. The lowest BCUT2D eigenvalue weighted by molar-refractivity contribution is -0.131. The second kappa shape index (κ2) is 6.19. The number of sulfone groups is 1. The van der Waals surface area contributed by atoms with E-state index in [2.05, 4.69) is 4.90 Å². The third-order valence-electron chi connectivity index (χ3n) is 3.21. The fraction of sp³-hybridized carbons (Fsp3) is 0.357. The second-order valence-electron chi connectivity index (χ2n) is 4.84. The molecular formula is C14H17NO4S. The number of hydrogen-bond acceptors (Lipinski definition) is 4. The van der Waals surface area contributed by atoms with E-state index >= 15 is 0 Å². The largest absolute Gasteiger partial charge is 0.478 e. The van der Waals surface area contributed by atoms with Gasteiger partial charge in [0, 0.05) is 25.7 Å². The van der Waals surface area contributed by atoms with Crippen molar-refractivity contribution in [3.05, 3.63) is 41.5 Å². The van der Waals surface area contributed by atoms with Gasteiger partial charge < -0.3 is 5.11 Å². The lowest BCUT2D eigenvalue weighted by Crippen LogP contribution is -2.39. The molecular weight excluding hydrogens is 278 g/mol. The number of aliphatic carboxylic acids is 1. The third-order valence-corrected chi connectivity index (χ3v) is 4.82. The topological polar surface area (TPSA) is 74.7 Å². The first-order valence-corrected chi connectivity index (χ1v) is 8.19. The van der Waals surface area contributed by atoms with Crippen LogP contribution >= 0.6 is 0 Å². The monoisotopic (exact) mass is 295 g/mol. The van der Waals surface area contributed by atoms with Gasteiger partial charge in [0.2, 0.25) is 0 Å². The van der Waals surface area contributed by atoms with Crippen LogP contribution in [0.25, 0.3) is 6.08 Å². The Hall–Kier alpha value is -1.66. The fourth-order valence-corrected chi connectivity index (χ4v) is 3.41. The second-order valence-corrected chi connectivity index (χ2v) is 7.15. The van der Waals surface area contributed by atoms with Gasteiger partial charge in [0.15, 0.2) is 9.84 Å². The van der Waals surface area contributed by atoms with Crippen molar-refractivity contribution in [2.45, 2.75) is 6.54 Å². The van der Waals surface area contributed by atoms with Crippen molar-refractivity contribution in [2.24, 2.45) is 0 Å². The molecule has 1 aliphatic heterocycles. The summed E-state index contributed by atoms with van der Waals surface area (Å²) in [5.74, 6) is -0.548. The van der Waals surface area contributed by atoms with Gasteiger partial charge in [0.25, 0.3) is 0 Å². The van der Waals surface area contributed by atoms with Crippen LogP contribution in [0.1, 0.15) is 11.1 Å². The first-order chi connectivity index (χ1) is 9.44. The first-order valence-electron chi connectivity index (χ1n) is 6.37. The van der Waals surface area contributed by atoms with Crippen molar-refractivity contribution in [3.8, 4) is 0 Å². The minimum Gasteiger partial charge on any atom is -0.478 e. The Morgan fingerprint density at radius 2 is 2.00 bits per heavy atom. The van der Waals surface area contributed by atoms with Gasteiger partial charge in [0.1, 0.15) is 0 Å². The molecule has 1 fully saturated rings. The van der Waals surface area contributed by atoms with Gasteiger partial charge in [-0.05, 0) is 17.2 Å². The highest BCUT2D eigenvalue weighted by Crippen LogP contribution is 2.12. The Bertz CT molecular complexity index is 608. The summed E-state index contributed by atoms with van der Waals surface area (Å²) in [6.45, 7) is 1.79. The average Bonchev–Trinajstić information content (AvgIpc) is 2.39. The summed E-state index contributed by atoms with van der Waals surface area (Å²) in [6, 6.07) is 7.59. The summed E-state index contributed by atoms with van der Waals surface area (Å²) in [5.41, 5.74) is 1.88. The van der Waals surface area contributed by atoms with Crippen LogP contribution < -0.4 is 0 Å². The van der Waals surface area contributed by atoms with Gasteiger partial charge in [-0.25, -0.2) is 13.2 Å². The van der Waals surface area contributed by atoms with Crippen LogP contribution in [-0.4, -0.2) is 49.0 Å². The van der Waals surface area contributed by atoms with Gasteiger partial charge in [-0.15, -0.1) is 0 Å². The zero-order valence-electron chi connectivity index (χ0n) is 11.0. The summed E-state index contributed by atoms with van der Waals surface area (Å²) in [6.07, 6.45) is 2.65. The molecule has 0 spiro atoms. The standard InChI is InChI=1S/C14H17NO4S/c16-14(17)5-4-12-2-1-3-13(10-12)11-15-6-8-20(18,19)9-7-15/h1-5,10H,6-9,11H2,(H,16,17). The van der Waals surface area contributed by atoms with Gasteiger partial charge in [-0.1, -0.05) is 24.3 Å². The third kappa shape index (κ3) is 4.47. The molecule has 0 radical (unpaired) electrons. The van der Waals surface area contributed by atoms with Crippen molar-refractivity contribution in [1.29, 1.82) is 0 Å². The molecule has 0 amide bonds. The van der Waals surface area contributed by atoms with Crippen LogP contribution in [0.15, 0.2) is 30.3 Å².